The molecule has 0 atom stereocenters. The number of nitrogens with one attached hydrogen (secondary N) is 1. The molecule has 0 aliphatic carbocycles. The van der Waals surface area contributed by atoms with E-state index in [9.17, 15) is 0 Å². The van der Waals surface area contributed by atoms with Crippen LogP contribution in [0.1, 0.15) is 26.3 Å². The van der Waals surface area contributed by atoms with Gasteiger partial charge in [0, 0.05) is 10.9 Å². The van der Waals surface area contributed by atoms with Crippen molar-refractivity contribution < 1.29 is 4.74 Å². The van der Waals surface area contributed by atoms with Crippen molar-refractivity contribution in [2.75, 3.05) is 7.11 Å². The van der Waals surface area contributed by atoms with Gasteiger partial charge in [-0.2, -0.15) is 0 Å². The fourth-order valence-electron chi connectivity index (χ4n) is 1.88. The fourth-order valence-corrected chi connectivity index (χ4v) is 2.73. The summed E-state index contributed by atoms with van der Waals surface area (Å²) in [5.74, 6) is 0.931. The Morgan fingerprint density at radius 1 is 1.28 bits per heavy atom. The molecule has 1 aromatic carbocycles. The van der Waals surface area contributed by atoms with Gasteiger partial charge in [-0.15, -0.1) is 11.3 Å². The molecule has 0 unspecified atom stereocenters. The van der Waals surface area contributed by atoms with Gasteiger partial charge in [0.1, 0.15) is 5.75 Å². The summed E-state index contributed by atoms with van der Waals surface area (Å²) in [7, 11) is 1.71. The highest BCUT2D eigenvalue weighted by Gasteiger charge is 2.19. The Morgan fingerprint density at radius 3 is 2.50 bits per heavy atom. The highest BCUT2D eigenvalue weighted by molar-refractivity contribution is 7.73. The topological polar surface area (TPSA) is 25.0 Å². The smallest absolute Gasteiger partial charge is 0.158 e. The van der Waals surface area contributed by atoms with Crippen LogP contribution in [0.5, 0.6) is 5.75 Å². The number of hydrogen-bond acceptors (Lipinski definition) is 3. The highest BCUT2D eigenvalue weighted by atomic mass is 32.1. The van der Waals surface area contributed by atoms with E-state index in [1.807, 2.05) is 6.07 Å². The molecule has 0 saturated heterocycles. The van der Waals surface area contributed by atoms with E-state index in [2.05, 4.69) is 43.3 Å². The highest BCUT2D eigenvalue weighted by Crippen LogP contribution is 2.34. The van der Waals surface area contributed by atoms with E-state index in [-0.39, 0.29) is 5.41 Å². The second kappa shape index (κ2) is 4.86. The lowest BCUT2D eigenvalue weighted by Crippen LogP contribution is -2.12. The molecule has 1 N–H and O–H groups in total. The second-order valence-corrected chi connectivity index (χ2v) is 6.77. The van der Waals surface area contributed by atoms with Crippen LogP contribution in [0, 0.1) is 3.95 Å². The van der Waals surface area contributed by atoms with Gasteiger partial charge < -0.3 is 9.72 Å². The number of aromatic amines is 1. The van der Waals surface area contributed by atoms with E-state index < -0.39 is 0 Å². The zero-order chi connectivity index (χ0) is 13.3. The molecule has 1 heterocycles. The van der Waals surface area contributed by atoms with E-state index in [0.29, 0.717) is 0 Å². The van der Waals surface area contributed by atoms with Crippen molar-refractivity contribution in [2.45, 2.75) is 26.2 Å². The predicted octanol–water partition coefficient (Wildman–Crippen LogP) is 4.78. The van der Waals surface area contributed by atoms with Crippen molar-refractivity contribution in [3.8, 4) is 17.0 Å². The van der Waals surface area contributed by atoms with E-state index in [1.165, 1.54) is 5.56 Å². The third-order valence-corrected chi connectivity index (χ3v) is 3.90. The maximum atomic E-state index is 5.44. The number of benzene rings is 1. The minimum Gasteiger partial charge on any atom is -0.496 e. The van der Waals surface area contributed by atoms with Gasteiger partial charge in [0.15, 0.2) is 3.95 Å². The van der Waals surface area contributed by atoms with Crippen LogP contribution in [0.3, 0.4) is 0 Å². The molecular weight excluding hydrogens is 262 g/mol. The molecule has 2 aromatic rings. The first-order valence-electron chi connectivity index (χ1n) is 5.78. The van der Waals surface area contributed by atoms with Crippen molar-refractivity contribution in [2.24, 2.45) is 0 Å². The fraction of sp³-hybridized carbons (Fsp3) is 0.357. The van der Waals surface area contributed by atoms with Crippen molar-refractivity contribution in [3.05, 3.63) is 33.1 Å². The molecule has 0 aliphatic rings. The van der Waals surface area contributed by atoms with Gasteiger partial charge >= 0.3 is 0 Å². The number of H-pyrrole nitrogens is 1. The summed E-state index contributed by atoms with van der Waals surface area (Å²) in [5, 5.41) is 2.05. The Labute approximate surface area is 117 Å². The number of aromatic nitrogens is 1. The number of methoxy groups -OCH3 is 1. The van der Waals surface area contributed by atoms with Gasteiger partial charge in [0.2, 0.25) is 0 Å². The summed E-state index contributed by atoms with van der Waals surface area (Å²) in [6.45, 7) is 6.55. The number of rotatable bonds is 2. The second-order valence-electron chi connectivity index (χ2n) is 5.23. The lowest BCUT2D eigenvalue weighted by Gasteiger charge is -2.22. The average Bonchev–Trinajstić information content (AvgIpc) is 2.74. The van der Waals surface area contributed by atoms with Crippen molar-refractivity contribution in [3.63, 3.8) is 0 Å². The predicted molar refractivity (Wildman–Crippen MR) is 80.2 cm³/mol. The van der Waals surface area contributed by atoms with Gasteiger partial charge in [0.05, 0.1) is 12.8 Å². The van der Waals surface area contributed by atoms with Gasteiger partial charge in [-0.1, -0.05) is 20.8 Å². The first kappa shape index (κ1) is 13.3. The molecule has 2 nitrogen and oxygen atoms in total. The molecule has 0 radical (unpaired) electrons. The summed E-state index contributed by atoms with van der Waals surface area (Å²) < 4.78 is 6.24. The monoisotopic (exact) mass is 279 g/mol. The minimum atomic E-state index is 0.0498. The van der Waals surface area contributed by atoms with E-state index >= 15 is 0 Å². The van der Waals surface area contributed by atoms with Gasteiger partial charge in [0.25, 0.3) is 0 Å². The van der Waals surface area contributed by atoms with Crippen LogP contribution >= 0.6 is 23.6 Å². The summed E-state index contributed by atoms with van der Waals surface area (Å²) >= 11 is 6.68. The molecule has 0 fully saturated rings. The molecule has 18 heavy (non-hydrogen) atoms. The zero-order valence-electron chi connectivity index (χ0n) is 11.0. The molecule has 0 bridgehead atoms. The van der Waals surface area contributed by atoms with Crippen LogP contribution in [0.4, 0.5) is 0 Å². The van der Waals surface area contributed by atoms with Gasteiger partial charge in [-0.05, 0) is 41.4 Å². The van der Waals surface area contributed by atoms with Crippen molar-refractivity contribution in [1.29, 1.82) is 0 Å². The summed E-state index contributed by atoms with van der Waals surface area (Å²) in [5.41, 5.74) is 3.47. The summed E-state index contributed by atoms with van der Waals surface area (Å²) in [6, 6.07) is 6.25. The van der Waals surface area contributed by atoms with E-state index in [4.69, 9.17) is 17.0 Å². The van der Waals surface area contributed by atoms with Gasteiger partial charge in [-0.3, -0.25) is 0 Å². The largest absolute Gasteiger partial charge is 0.496 e. The van der Waals surface area contributed by atoms with Crippen LogP contribution < -0.4 is 4.74 Å². The van der Waals surface area contributed by atoms with Crippen molar-refractivity contribution in [1.82, 2.24) is 4.98 Å². The molecule has 0 amide bonds. The quantitative estimate of drug-likeness (QED) is 0.800. The van der Waals surface area contributed by atoms with E-state index in [1.54, 1.807) is 18.4 Å². The van der Waals surface area contributed by atoms with Gasteiger partial charge in [-0.25, -0.2) is 0 Å². The third-order valence-electron chi connectivity index (χ3n) is 2.84. The SMILES string of the molecule is COc1ccc(-c2csc(=S)[nH]2)cc1C(C)(C)C. The van der Waals surface area contributed by atoms with Crippen LogP contribution in [0.15, 0.2) is 23.6 Å². The van der Waals surface area contributed by atoms with Crippen LogP contribution in [-0.2, 0) is 5.41 Å². The maximum Gasteiger partial charge on any atom is 0.158 e. The lowest BCUT2D eigenvalue weighted by atomic mass is 9.85. The Kier molecular flexibility index (Phi) is 3.59. The molecule has 0 aliphatic heterocycles. The molecule has 2 rings (SSSR count). The lowest BCUT2D eigenvalue weighted by molar-refractivity contribution is 0.397. The van der Waals surface area contributed by atoms with Crippen molar-refractivity contribution >= 4 is 23.6 Å². The van der Waals surface area contributed by atoms with Crippen LogP contribution in [0.2, 0.25) is 0 Å². The molecule has 0 saturated carbocycles. The third kappa shape index (κ3) is 2.65. The molecule has 1 aromatic heterocycles. The first-order chi connectivity index (χ1) is 8.41. The number of hydrogen-bond donors (Lipinski definition) is 1. The molecule has 96 valence electrons. The summed E-state index contributed by atoms with van der Waals surface area (Å²) in [6.07, 6.45) is 0. The standard InChI is InChI=1S/C14H17NOS2/c1-14(2,3)10-7-9(5-6-12(10)16-4)11-8-18-13(17)15-11/h5-8H,1-4H3,(H,15,17). The number of thiazole rings is 1. The maximum absolute atomic E-state index is 5.44. The van der Waals surface area contributed by atoms with Crippen LogP contribution in [0.25, 0.3) is 11.3 Å². The average molecular weight is 279 g/mol. The molecular formula is C14H17NOS2. The Balaban J connectivity index is 2.56. The Morgan fingerprint density at radius 2 is 2.00 bits per heavy atom. The zero-order valence-corrected chi connectivity index (χ0v) is 12.7. The first-order valence-corrected chi connectivity index (χ1v) is 7.07. The van der Waals surface area contributed by atoms with E-state index in [0.717, 1.165) is 21.0 Å². The summed E-state index contributed by atoms with van der Waals surface area (Å²) in [4.78, 5) is 3.20. The number of ether oxygens (including phenoxy) is 1. The minimum absolute atomic E-state index is 0.0498. The molecule has 4 heteroatoms. The Bertz CT molecular complexity index is 605. The normalized spacial score (nSPS) is 11.6. The van der Waals surface area contributed by atoms with Crippen LogP contribution in [-0.4, -0.2) is 12.1 Å². The Hall–Kier alpha value is -1.13. The molecule has 0 spiro atoms.